The lowest BCUT2D eigenvalue weighted by Crippen LogP contribution is -2.33. The Bertz CT molecular complexity index is 803. The van der Waals surface area contributed by atoms with Gasteiger partial charge in [-0.1, -0.05) is 41.2 Å². The Morgan fingerprint density at radius 3 is 2.54 bits per heavy atom. The van der Waals surface area contributed by atoms with E-state index in [0.717, 1.165) is 31.6 Å². The first-order valence-electron chi connectivity index (χ1n) is 8.66. The van der Waals surface area contributed by atoms with Crippen LogP contribution in [0.2, 0.25) is 10.0 Å². The third kappa shape index (κ3) is 4.40. The summed E-state index contributed by atoms with van der Waals surface area (Å²) in [5.74, 6) is 1.21. The number of hydrogen-bond donors (Lipinski definition) is 1. The van der Waals surface area contributed by atoms with E-state index in [2.05, 4.69) is 15.0 Å². The first-order valence-corrected chi connectivity index (χ1v) is 9.42. The second kappa shape index (κ2) is 8.60. The lowest BCUT2D eigenvalue weighted by atomic mass is 10.2. The van der Waals surface area contributed by atoms with Gasteiger partial charge in [0, 0.05) is 29.9 Å². The number of amidine groups is 1. The highest BCUT2D eigenvalue weighted by molar-refractivity contribution is 6.34. The molecule has 1 N–H and O–H groups in total. The zero-order chi connectivity index (χ0) is 18.5. The van der Waals surface area contributed by atoms with E-state index in [0.29, 0.717) is 33.1 Å². The summed E-state index contributed by atoms with van der Waals surface area (Å²) in [4.78, 5) is 6.56. The molecule has 0 bridgehead atoms. The largest absolute Gasteiger partial charge is 0.437 e. The van der Waals surface area contributed by atoms with Gasteiger partial charge >= 0.3 is 0 Å². The first-order chi connectivity index (χ1) is 12.6. The third-order valence-electron chi connectivity index (χ3n) is 4.34. The SMILES string of the molecule is Cc1ccc(/C(=N/O)N2CCCCCC2)c(Oc2cc(Cl)ccc2Cl)n1. The molecule has 0 amide bonds. The topological polar surface area (TPSA) is 58.0 Å². The number of aryl methyl sites for hydroxylation is 1. The van der Waals surface area contributed by atoms with Crippen molar-refractivity contribution < 1.29 is 9.94 Å². The molecule has 138 valence electrons. The van der Waals surface area contributed by atoms with Crippen molar-refractivity contribution in [1.29, 1.82) is 0 Å². The molecule has 2 heterocycles. The number of aromatic nitrogens is 1. The first kappa shape index (κ1) is 18.8. The van der Waals surface area contributed by atoms with Crippen molar-refractivity contribution >= 4 is 29.0 Å². The van der Waals surface area contributed by atoms with Crippen LogP contribution in [0.25, 0.3) is 0 Å². The Labute approximate surface area is 163 Å². The fourth-order valence-electron chi connectivity index (χ4n) is 3.01. The summed E-state index contributed by atoms with van der Waals surface area (Å²) >= 11 is 12.3. The summed E-state index contributed by atoms with van der Waals surface area (Å²) in [6.45, 7) is 3.55. The van der Waals surface area contributed by atoms with Crippen molar-refractivity contribution in [2.24, 2.45) is 5.16 Å². The molecule has 1 fully saturated rings. The molecule has 3 rings (SSSR count). The van der Waals surface area contributed by atoms with Crippen LogP contribution in [-0.2, 0) is 0 Å². The van der Waals surface area contributed by atoms with E-state index in [1.54, 1.807) is 18.2 Å². The van der Waals surface area contributed by atoms with Gasteiger partial charge in [0.1, 0.15) is 5.75 Å². The summed E-state index contributed by atoms with van der Waals surface area (Å²) in [6, 6.07) is 8.73. The smallest absolute Gasteiger partial charge is 0.230 e. The number of hydrogen-bond acceptors (Lipinski definition) is 4. The fraction of sp³-hybridized carbons (Fsp3) is 0.368. The van der Waals surface area contributed by atoms with Crippen molar-refractivity contribution in [2.45, 2.75) is 32.6 Å². The van der Waals surface area contributed by atoms with Crippen LogP contribution in [0.4, 0.5) is 0 Å². The Morgan fingerprint density at radius 2 is 1.85 bits per heavy atom. The average molecular weight is 394 g/mol. The Balaban J connectivity index is 1.98. The van der Waals surface area contributed by atoms with Crippen molar-refractivity contribution in [3.05, 3.63) is 51.6 Å². The summed E-state index contributed by atoms with van der Waals surface area (Å²) in [7, 11) is 0. The number of pyridine rings is 1. The fourth-order valence-corrected chi connectivity index (χ4v) is 3.33. The maximum Gasteiger partial charge on any atom is 0.230 e. The molecule has 0 unspecified atom stereocenters. The third-order valence-corrected chi connectivity index (χ3v) is 4.89. The monoisotopic (exact) mass is 393 g/mol. The maximum absolute atomic E-state index is 9.70. The van der Waals surface area contributed by atoms with Gasteiger partial charge in [0.05, 0.1) is 10.6 Å². The highest BCUT2D eigenvalue weighted by Crippen LogP contribution is 2.33. The lowest BCUT2D eigenvalue weighted by molar-refractivity contribution is 0.301. The zero-order valence-electron chi connectivity index (χ0n) is 14.6. The normalized spacial score (nSPS) is 15.7. The number of nitrogens with zero attached hydrogens (tertiary/aromatic N) is 3. The molecule has 0 spiro atoms. The lowest BCUT2D eigenvalue weighted by Gasteiger charge is -2.24. The molecule has 0 radical (unpaired) electrons. The van der Waals surface area contributed by atoms with E-state index in [-0.39, 0.29) is 0 Å². The summed E-state index contributed by atoms with van der Waals surface area (Å²) in [5.41, 5.74) is 1.41. The van der Waals surface area contributed by atoms with E-state index in [1.165, 1.54) is 12.8 Å². The summed E-state index contributed by atoms with van der Waals surface area (Å²) < 4.78 is 5.96. The summed E-state index contributed by atoms with van der Waals surface area (Å²) in [6.07, 6.45) is 4.49. The van der Waals surface area contributed by atoms with Gasteiger partial charge in [-0.3, -0.25) is 0 Å². The van der Waals surface area contributed by atoms with Gasteiger partial charge < -0.3 is 14.8 Å². The molecular formula is C19H21Cl2N3O2. The second-order valence-electron chi connectivity index (χ2n) is 6.31. The van der Waals surface area contributed by atoms with E-state index < -0.39 is 0 Å². The summed E-state index contributed by atoms with van der Waals surface area (Å²) in [5, 5.41) is 14.2. The van der Waals surface area contributed by atoms with Crippen molar-refractivity contribution in [3.63, 3.8) is 0 Å². The minimum absolute atomic E-state index is 0.339. The molecule has 1 aromatic carbocycles. The van der Waals surface area contributed by atoms with Crippen LogP contribution < -0.4 is 4.74 Å². The zero-order valence-corrected chi connectivity index (χ0v) is 16.1. The van der Waals surface area contributed by atoms with Gasteiger partial charge in [-0.15, -0.1) is 0 Å². The number of halogens is 2. The second-order valence-corrected chi connectivity index (χ2v) is 7.15. The molecular weight excluding hydrogens is 373 g/mol. The molecule has 1 saturated heterocycles. The Hall–Kier alpha value is -1.98. The van der Waals surface area contributed by atoms with Crippen molar-refractivity contribution in [2.75, 3.05) is 13.1 Å². The van der Waals surface area contributed by atoms with Crippen LogP contribution in [0.15, 0.2) is 35.5 Å². The maximum atomic E-state index is 9.70. The van der Waals surface area contributed by atoms with Gasteiger partial charge in [0.15, 0.2) is 5.84 Å². The van der Waals surface area contributed by atoms with E-state index >= 15 is 0 Å². The minimum Gasteiger partial charge on any atom is -0.437 e. The molecule has 1 aliphatic rings. The molecule has 26 heavy (non-hydrogen) atoms. The highest BCUT2D eigenvalue weighted by atomic mass is 35.5. The van der Waals surface area contributed by atoms with Gasteiger partial charge in [0.2, 0.25) is 5.88 Å². The molecule has 0 atom stereocenters. The van der Waals surface area contributed by atoms with Crippen LogP contribution in [0.5, 0.6) is 11.6 Å². The van der Waals surface area contributed by atoms with Gasteiger partial charge in [0.25, 0.3) is 0 Å². The molecule has 1 aliphatic heterocycles. The van der Waals surface area contributed by atoms with Gasteiger partial charge in [-0.05, 0) is 44.0 Å². The number of oxime groups is 1. The quantitative estimate of drug-likeness (QED) is 0.323. The van der Waals surface area contributed by atoms with Crippen molar-refractivity contribution in [3.8, 4) is 11.6 Å². The highest BCUT2D eigenvalue weighted by Gasteiger charge is 2.22. The van der Waals surface area contributed by atoms with Crippen LogP contribution in [0.3, 0.4) is 0 Å². The Kier molecular flexibility index (Phi) is 6.22. The number of benzene rings is 1. The van der Waals surface area contributed by atoms with Crippen LogP contribution in [0, 0.1) is 6.92 Å². The standard InChI is InChI=1S/C19H21Cl2N3O2/c1-13-6-8-15(18(23-25)24-10-4-2-3-5-11-24)19(22-13)26-17-12-14(20)7-9-16(17)21/h6-9,12,25H,2-5,10-11H2,1H3/b23-18-. The number of rotatable bonds is 3. The average Bonchev–Trinajstić information content (AvgIpc) is 2.90. The van der Waals surface area contributed by atoms with Crippen molar-refractivity contribution in [1.82, 2.24) is 9.88 Å². The van der Waals surface area contributed by atoms with Crippen LogP contribution >= 0.6 is 23.2 Å². The van der Waals surface area contributed by atoms with Crippen LogP contribution in [0.1, 0.15) is 36.9 Å². The number of ether oxygens (including phenoxy) is 1. The van der Waals surface area contributed by atoms with Crippen LogP contribution in [-0.4, -0.2) is 34.0 Å². The van der Waals surface area contributed by atoms with E-state index in [4.69, 9.17) is 27.9 Å². The predicted molar refractivity (Wildman–Crippen MR) is 104 cm³/mol. The van der Waals surface area contributed by atoms with E-state index in [1.807, 2.05) is 19.1 Å². The molecule has 0 aliphatic carbocycles. The molecule has 1 aromatic heterocycles. The predicted octanol–water partition coefficient (Wildman–Crippen LogP) is 5.50. The molecule has 7 heteroatoms. The molecule has 5 nitrogen and oxygen atoms in total. The van der Waals surface area contributed by atoms with E-state index in [9.17, 15) is 5.21 Å². The number of likely N-dealkylation sites (tertiary alicyclic amines) is 1. The minimum atomic E-state index is 0.339. The van der Waals surface area contributed by atoms with Gasteiger partial charge in [-0.2, -0.15) is 0 Å². The van der Waals surface area contributed by atoms with Gasteiger partial charge in [-0.25, -0.2) is 4.98 Å². The molecule has 2 aromatic rings. The Morgan fingerprint density at radius 1 is 1.12 bits per heavy atom. The molecule has 0 saturated carbocycles.